The predicted molar refractivity (Wildman–Crippen MR) is 121 cm³/mol. The fourth-order valence-corrected chi connectivity index (χ4v) is 6.33. The Morgan fingerprint density at radius 1 is 1.31 bits per heavy atom. The molecule has 0 aromatic heterocycles. The first kappa shape index (κ1) is 24.5. The van der Waals surface area contributed by atoms with Crippen molar-refractivity contribution in [2.45, 2.75) is 68.0 Å². The molecule has 5 rings (SSSR count). The van der Waals surface area contributed by atoms with Crippen molar-refractivity contribution >= 4 is 17.9 Å². The summed E-state index contributed by atoms with van der Waals surface area (Å²) in [5.74, 6) is -2.45. The summed E-state index contributed by atoms with van der Waals surface area (Å²) in [5, 5.41) is 30.8. The minimum absolute atomic E-state index is 0.171. The molecule has 0 amide bonds. The van der Waals surface area contributed by atoms with Gasteiger partial charge in [-0.3, -0.25) is 4.79 Å². The molecule has 1 saturated heterocycles. The maximum Gasteiger partial charge on any atom is 0.345 e. The average Bonchev–Trinajstić information content (AvgIpc) is 3.18. The van der Waals surface area contributed by atoms with E-state index >= 15 is 0 Å². The van der Waals surface area contributed by atoms with Gasteiger partial charge in [-0.25, -0.2) is 9.59 Å². The van der Waals surface area contributed by atoms with Crippen molar-refractivity contribution < 1.29 is 48.7 Å². The monoisotopic (exact) mass is 503 g/mol. The van der Waals surface area contributed by atoms with E-state index in [0.29, 0.717) is 30.9 Å². The number of aliphatic hydroxyl groups is 2. The number of aliphatic hydroxyl groups excluding tert-OH is 1. The van der Waals surface area contributed by atoms with Crippen LogP contribution in [0, 0.1) is 0 Å². The van der Waals surface area contributed by atoms with E-state index in [9.17, 15) is 29.7 Å². The van der Waals surface area contributed by atoms with Gasteiger partial charge in [0.15, 0.2) is 17.6 Å². The number of rotatable bonds is 7. The van der Waals surface area contributed by atoms with Gasteiger partial charge in [-0.05, 0) is 51.1 Å². The second-order valence-corrected chi connectivity index (χ2v) is 9.90. The van der Waals surface area contributed by atoms with Crippen LogP contribution in [0.1, 0.15) is 37.3 Å². The second kappa shape index (κ2) is 8.46. The number of carboxylic acids is 1. The molecule has 0 unspecified atom stereocenters. The molecule has 1 fully saturated rings. The molecule has 2 aliphatic carbocycles. The van der Waals surface area contributed by atoms with Crippen molar-refractivity contribution in [2.75, 3.05) is 20.7 Å². The zero-order chi connectivity index (χ0) is 26.0. The number of methoxy groups -OCH3 is 1. The van der Waals surface area contributed by atoms with E-state index in [2.05, 4.69) is 4.90 Å². The largest absolute Gasteiger partial charge is 0.493 e. The number of ether oxygens (including phenoxy) is 4. The van der Waals surface area contributed by atoms with Crippen LogP contribution in [0.3, 0.4) is 0 Å². The van der Waals surface area contributed by atoms with Crippen molar-refractivity contribution in [3.05, 3.63) is 35.1 Å². The van der Waals surface area contributed by atoms with Gasteiger partial charge in [0, 0.05) is 18.0 Å². The third kappa shape index (κ3) is 3.33. The molecular weight excluding hydrogens is 474 g/mol. The topological polar surface area (TPSA) is 152 Å². The highest BCUT2D eigenvalue weighted by Gasteiger charge is 2.72. The highest BCUT2D eigenvalue weighted by molar-refractivity contribution is 5.84. The highest BCUT2D eigenvalue weighted by atomic mass is 16.6. The Morgan fingerprint density at radius 2 is 2.06 bits per heavy atom. The molecule has 194 valence electrons. The van der Waals surface area contributed by atoms with Crippen LogP contribution in [0.25, 0.3) is 0 Å². The minimum Gasteiger partial charge on any atom is -0.493 e. The van der Waals surface area contributed by atoms with Crippen molar-refractivity contribution in [2.24, 2.45) is 0 Å². The quantitative estimate of drug-likeness (QED) is 0.440. The molecule has 36 heavy (non-hydrogen) atoms. The number of hydrogen-bond donors (Lipinski definition) is 3. The van der Waals surface area contributed by atoms with Crippen LogP contribution >= 0.6 is 0 Å². The van der Waals surface area contributed by atoms with Gasteiger partial charge in [-0.15, -0.1) is 0 Å². The van der Waals surface area contributed by atoms with Crippen LogP contribution in [0.15, 0.2) is 24.0 Å². The van der Waals surface area contributed by atoms with E-state index < -0.39 is 53.7 Å². The Bertz CT molecular complexity index is 1160. The number of likely N-dealkylation sites (N-methyl/N-ethyl adjacent to an activating group) is 1. The van der Waals surface area contributed by atoms with Crippen molar-refractivity contribution in [3.63, 3.8) is 0 Å². The molecule has 11 heteroatoms. The Balaban J connectivity index is 1.48. The Hall–Kier alpha value is -3.15. The summed E-state index contributed by atoms with van der Waals surface area (Å²) in [4.78, 5) is 38.1. The number of carboxylic acid groups (broad SMARTS) is 1. The highest BCUT2D eigenvalue weighted by Crippen LogP contribution is 2.65. The van der Waals surface area contributed by atoms with E-state index in [1.165, 1.54) is 7.11 Å². The number of hydrogen-bond acceptors (Lipinski definition) is 10. The van der Waals surface area contributed by atoms with Gasteiger partial charge < -0.3 is 39.2 Å². The van der Waals surface area contributed by atoms with E-state index in [1.807, 2.05) is 19.2 Å². The van der Waals surface area contributed by atoms with E-state index in [0.717, 1.165) is 18.1 Å². The van der Waals surface area contributed by atoms with Gasteiger partial charge in [0.1, 0.15) is 11.9 Å². The van der Waals surface area contributed by atoms with E-state index in [1.54, 1.807) is 6.08 Å². The van der Waals surface area contributed by atoms with E-state index in [-0.39, 0.29) is 18.2 Å². The number of esters is 2. The van der Waals surface area contributed by atoms with Gasteiger partial charge >= 0.3 is 17.9 Å². The van der Waals surface area contributed by atoms with Gasteiger partial charge in [0.2, 0.25) is 6.10 Å². The van der Waals surface area contributed by atoms with Crippen LogP contribution in [0.2, 0.25) is 0 Å². The fraction of sp³-hybridized carbons (Fsp3) is 0.560. The number of aliphatic carboxylic acids is 1. The molecule has 11 nitrogen and oxygen atoms in total. The third-order valence-corrected chi connectivity index (χ3v) is 8.02. The lowest BCUT2D eigenvalue weighted by Gasteiger charge is -2.61. The number of nitrogens with zero attached hydrogens (tertiary/aromatic N) is 1. The lowest BCUT2D eigenvalue weighted by atomic mass is 9.50. The lowest BCUT2D eigenvalue weighted by Crippen LogP contribution is -2.74. The molecule has 3 N–H and O–H groups in total. The van der Waals surface area contributed by atoms with Crippen molar-refractivity contribution in [1.82, 2.24) is 4.90 Å². The van der Waals surface area contributed by atoms with Gasteiger partial charge in [0.05, 0.1) is 24.5 Å². The molecule has 4 aliphatic rings. The zero-order valence-electron chi connectivity index (χ0n) is 20.2. The fourth-order valence-electron chi connectivity index (χ4n) is 6.33. The lowest BCUT2D eigenvalue weighted by molar-refractivity contribution is -0.175. The SMILES string of the molecule is COc1ccc2c3c1O[C@H]1C(OC(=O)C[C@H](OC(=O)[C@H](C)O)C(=O)O)=CC[C@@]4(O)[C@@H](C2)N(C)CC[C@]314. The third-order valence-electron chi connectivity index (χ3n) is 8.02. The summed E-state index contributed by atoms with van der Waals surface area (Å²) in [7, 11) is 3.51. The molecule has 1 spiro atoms. The Kier molecular flexibility index (Phi) is 5.77. The number of likely N-dealkylation sites (tertiary alicyclic amines) is 1. The van der Waals surface area contributed by atoms with E-state index in [4.69, 9.17) is 18.9 Å². The minimum atomic E-state index is -1.82. The maximum absolute atomic E-state index is 12.8. The Labute approximate surface area is 207 Å². The van der Waals surface area contributed by atoms with Gasteiger partial charge in [-0.1, -0.05) is 6.07 Å². The molecule has 0 saturated carbocycles. The number of benzene rings is 1. The first-order valence-electron chi connectivity index (χ1n) is 11.8. The smallest absolute Gasteiger partial charge is 0.345 e. The number of carbonyl (C=O) groups is 3. The molecule has 2 bridgehead atoms. The van der Waals surface area contributed by atoms with Crippen LogP contribution in [-0.4, -0.2) is 88.8 Å². The summed E-state index contributed by atoms with van der Waals surface area (Å²) in [5.41, 5.74) is -0.147. The van der Waals surface area contributed by atoms with Gasteiger partial charge in [-0.2, -0.15) is 0 Å². The molecule has 6 atom stereocenters. The molecule has 0 radical (unpaired) electrons. The van der Waals surface area contributed by atoms with Gasteiger partial charge in [0.25, 0.3) is 0 Å². The molecule has 2 heterocycles. The predicted octanol–water partition coefficient (Wildman–Crippen LogP) is 0.283. The molecule has 2 aliphatic heterocycles. The Morgan fingerprint density at radius 3 is 2.72 bits per heavy atom. The van der Waals surface area contributed by atoms with Crippen molar-refractivity contribution in [3.8, 4) is 11.5 Å². The number of piperidine rings is 1. The van der Waals surface area contributed by atoms with Crippen LogP contribution in [0.4, 0.5) is 0 Å². The average molecular weight is 504 g/mol. The summed E-state index contributed by atoms with van der Waals surface area (Å²) in [6.45, 7) is 1.82. The zero-order valence-corrected chi connectivity index (χ0v) is 20.2. The summed E-state index contributed by atoms with van der Waals surface area (Å²) < 4.78 is 22.3. The second-order valence-electron chi connectivity index (χ2n) is 9.90. The number of carbonyl (C=O) groups excluding carboxylic acids is 2. The normalized spacial score (nSPS) is 31.3. The van der Waals surface area contributed by atoms with Crippen molar-refractivity contribution in [1.29, 1.82) is 0 Å². The summed E-state index contributed by atoms with van der Waals surface area (Å²) in [6.07, 6.45) is -1.95. The van der Waals surface area contributed by atoms with Crippen LogP contribution in [-0.2, 0) is 35.7 Å². The summed E-state index contributed by atoms with van der Waals surface area (Å²) in [6, 6.07) is 3.63. The first-order chi connectivity index (χ1) is 17.0. The van der Waals surface area contributed by atoms with Crippen LogP contribution < -0.4 is 9.47 Å². The maximum atomic E-state index is 12.8. The first-order valence-corrected chi connectivity index (χ1v) is 11.8. The standard InChI is InChI=1S/C25H29NO10/c1-12(27)23(31)35-16(22(29)30)11-18(28)34-15-6-7-25(32)17-10-13-4-5-14(33-3)20-19(13)24(25,21(15)36-20)8-9-26(17)2/h4-6,12,16-17,21,27,32H,7-11H2,1-3H3,(H,29,30)/t12-,16-,17+,21-,24-,25+/m0/s1. The molecule has 1 aromatic carbocycles. The molecular formula is C25H29NO10. The molecule has 1 aromatic rings. The van der Waals surface area contributed by atoms with Crippen LogP contribution in [0.5, 0.6) is 11.5 Å². The summed E-state index contributed by atoms with van der Waals surface area (Å²) >= 11 is 0.